The van der Waals surface area contributed by atoms with E-state index in [0.717, 1.165) is 45.2 Å². The molecule has 3 saturated heterocycles. The van der Waals surface area contributed by atoms with Gasteiger partial charge in [0.25, 0.3) is 5.91 Å². The summed E-state index contributed by atoms with van der Waals surface area (Å²) in [4.78, 5) is 39.8. The van der Waals surface area contributed by atoms with Crippen LogP contribution in [-0.2, 0) is 20.7 Å². The van der Waals surface area contributed by atoms with E-state index in [9.17, 15) is 19.8 Å². The van der Waals surface area contributed by atoms with Gasteiger partial charge >= 0.3 is 6.09 Å². The second-order valence-corrected chi connectivity index (χ2v) is 10.9. The van der Waals surface area contributed by atoms with E-state index in [1.54, 1.807) is 6.92 Å². The third-order valence-electron chi connectivity index (χ3n) is 8.11. The summed E-state index contributed by atoms with van der Waals surface area (Å²) in [5.41, 5.74) is 6.90. The maximum Gasteiger partial charge on any atom is 0.409 e. The van der Waals surface area contributed by atoms with Crippen LogP contribution in [0.3, 0.4) is 0 Å². The monoisotopic (exact) mass is 590 g/mol. The number of aryl methyl sites for hydroxylation is 1. The number of carbonyl (C=O) groups is 2. The number of imidazole rings is 1. The Morgan fingerprint density at radius 3 is 2.62 bits per heavy atom. The molecule has 42 heavy (non-hydrogen) atoms. The summed E-state index contributed by atoms with van der Waals surface area (Å²) in [5, 5.41) is 26.9. The van der Waals surface area contributed by atoms with Gasteiger partial charge in [-0.05, 0) is 51.5 Å². The second kappa shape index (κ2) is 14.9. The first kappa shape index (κ1) is 31.9. The van der Waals surface area contributed by atoms with Gasteiger partial charge in [0.2, 0.25) is 0 Å². The van der Waals surface area contributed by atoms with Gasteiger partial charge in [0.05, 0.1) is 12.9 Å². The molecule has 0 radical (unpaired) electrons. The number of aliphatic hydroxyl groups excluding tert-OH is 2. The first-order valence-electron chi connectivity index (χ1n) is 15.3. The van der Waals surface area contributed by atoms with Crippen LogP contribution in [-0.4, -0.2) is 104 Å². The molecule has 0 spiro atoms. The summed E-state index contributed by atoms with van der Waals surface area (Å²) in [7, 11) is 0. The summed E-state index contributed by atoms with van der Waals surface area (Å²) in [6.07, 6.45) is 1.53. The average molecular weight is 591 g/mol. The van der Waals surface area contributed by atoms with Crippen molar-refractivity contribution >= 4 is 29.0 Å². The average Bonchev–Trinajstić information content (AvgIpc) is 3.74. The van der Waals surface area contributed by atoms with Gasteiger partial charge in [0.15, 0.2) is 23.8 Å². The molecule has 3 aliphatic heterocycles. The van der Waals surface area contributed by atoms with E-state index >= 15 is 0 Å². The fourth-order valence-corrected chi connectivity index (χ4v) is 5.75. The highest BCUT2D eigenvalue weighted by atomic mass is 16.6. The lowest BCUT2D eigenvalue weighted by Gasteiger charge is -2.31. The number of ether oxygens (including phenoxy) is 2. The molecule has 2 aromatic heterocycles. The molecule has 5 heterocycles. The Kier molecular flexibility index (Phi) is 11.3. The SMILES string of the molecule is CC.CCNC(=O)[C@H]1O[C@@H](n2cnc3c(N)nc(CCCC4CCN(C(=O)OCC5CCNC5)CC4)nc32)C(O)[C@H]1O. The molecule has 0 saturated carbocycles. The zero-order valence-corrected chi connectivity index (χ0v) is 24.9. The van der Waals surface area contributed by atoms with Gasteiger partial charge in [-0.1, -0.05) is 13.8 Å². The maximum atomic E-state index is 12.4. The lowest BCUT2D eigenvalue weighted by molar-refractivity contribution is -0.137. The number of hydrogen-bond donors (Lipinski definition) is 5. The molecule has 2 aromatic rings. The fraction of sp³-hybridized carbons (Fsp3) is 0.750. The molecule has 2 unspecified atom stereocenters. The highest BCUT2D eigenvalue weighted by Crippen LogP contribution is 2.32. The first-order valence-corrected chi connectivity index (χ1v) is 15.3. The summed E-state index contributed by atoms with van der Waals surface area (Å²) >= 11 is 0. The number of likely N-dealkylation sites (tertiary alicyclic amines) is 1. The van der Waals surface area contributed by atoms with Gasteiger partial charge in [0.1, 0.15) is 23.5 Å². The quantitative estimate of drug-likeness (QED) is 0.280. The van der Waals surface area contributed by atoms with Crippen molar-refractivity contribution in [3.8, 4) is 0 Å². The van der Waals surface area contributed by atoms with Crippen LogP contribution in [0, 0.1) is 11.8 Å². The maximum absolute atomic E-state index is 12.4. The van der Waals surface area contributed by atoms with Crippen molar-refractivity contribution in [3.63, 3.8) is 0 Å². The number of nitrogen functional groups attached to an aromatic ring is 1. The van der Waals surface area contributed by atoms with Crippen molar-refractivity contribution < 1.29 is 29.3 Å². The minimum atomic E-state index is -1.40. The van der Waals surface area contributed by atoms with Crippen LogP contribution >= 0.6 is 0 Å². The van der Waals surface area contributed by atoms with Crippen LogP contribution in [0.2, 0.25) is 0 Å². The smallest absolute Gasteiger partial charge is 0.409 e. The molecule has 14 nitrogen and oxygen atoms in total. The molecule has 3 aliphatic rings. The minimum absolute atomic E-state index is 0.208. The van der Waals surface area contributed by atoms with E-state index in [4.69, 9.17) is 15.2 Å². The van der Waals surface area contributed by atoms with Crippen molar-refractivity contribution in [1.29, 1.82) is 0 Å². The number of aliphatic hydroxyl groups is 2. The Morgan fingerprint density at radius 1 is 1.17 bits per heavy atom. The topological polar surface area (TPSA) is 190 Å². The van der Waals surface area contributed by atoms with E-state index in [1.165, 1.54) is 10.9 Å². The van der Waals surface area contributed by atoms with Gasteiger partial charge in [-0.2, -0.15) is 0 Å². The lowest BCUT2D eigenvalue weighted by atomic mass is 9.91. The largest absolute Gasteiger partial charge is 0.449 e. The molecule has 3 fully saturated rings. The van der Waals surface area contributed by atoms with Crippen LogP contribution < -0.4 is 16.4 Å². The van der Waals surface area contributed by atoms with Crippen LogP contribution in [0.15, 0.2) is 6.33 Å². The van der Waals surface area contributed by atoms with Crippen LogP contribution in [0.5, 0.6) is 0 Å². The Hall–Kier alpha value is -3.07. The molecule has 0 aromatic carbocycles. The third-order valence-corrected chi connectivity index (χ3v) is 8.11. The number of fused-ring (bicyclic) bond motifs is 1. The number of nitrogens with zero attached hydrogens (tertiary/aromatic N) is 5. The number of rotatable bonds is 9. The number of aromatic nitrogens is 4. The highest BCUT2D eigenvalue weighted by Gasteiger charge is 2.47. The van der Waals surface area contributed by atoms with Gasteiger partial charge in [-0.3, -0.25) is 9.36 Å². The number of carbonyl (C=O) groups excluding carboxylic acids is 2. The lowest BCUT2D eigenvalue weighted by Crippen LogP contribution is -2.42. The molecule has 0 bridgehead atoms. The second-order valence-electron chi connectivity index (χ2n) is 10.9. The number of amides is 2. The van der Waals surface area contributed by atoms with Gasteiger partial charge in [-0.15, -0.1) is 0 Å². The van der Waals surface area contributed by atoms with Crippen molar-refractivity contribution in [2.24, 2.45) is 11.8 Å². The highest BCUT2D eigenvalue weighted by molar-refractivity contribution is 5.83. The summed E-state index contributed by atoms with van der Waals surface area (Å²) in [6.45, 7) is 9.92. The number of anilines is 1. The molecular formula is C28H46N8O6. The summed E-state index contributed by atoms with van der Waals surface area (Å²) in [5.74, 6) is 1.18. The number of nitrogens with one attached hydrogen (secondary N) is 2. The van der Waals surface area contributed by atoms with Gasteiger partial charge in [-0.25, -0.2) is 19.7 Å². The molecule has 2 amide bonds. The number of likely N-dealkylation sites (N-methyl/N-ethyl adjacent to an activating group) is 1. The minimum Gasteiger partial charge on any atom is -0.449 e. The zero-order valence-electron chi connectivity index (χ0n) is 24.9. The molecular weight excluding hydrogens is 544 g/mol. The van der Waals surface area contributed by atoms with Crippen molar-refractivity contribution in [1.82, 2.24) is 35.1 Å². The van der Waals surface area contributed by atoms with Gasteiger partial charge < -0.3 is 41.0 Å². The van der Waals surface area contributed by atoms with E-state index in [-0.39, 0.29) is 11.9 Å². The van der Waals surface area contributed by atoms with Crippen LogP contribution in [0.4, 0.5) is 10.6 Å². The van der Waals surface area contributed by atoms with Crippen molar-refractivity contribution in [3.05, 3.63) is 12.2 Å². The van der Waals surface area contributed by atoms with Crippen molar-refractivity contribution in [2.75, 3.05) is 45.1 Å². The Labute approximate surface area is 246 Å². The number of hydrogen-bond acceptors (Lipinski definition) is 11. The Morgan fingerprint density at radius 2 is 1.93 bits per heavy atom. The predicted molar refractivity (Wildman–Crippen MR) is 155 cm³/mol. The van der Waals surface area contributed by atoms with E-state index in [2.05, 4.69) is 25.6 Å². The van der Waals surface area contributed by atoms with E-state index in [1.807, 2.05) is 18.7 Å². The predicted octanol–water partition coefficient (Wildman–Crippen LogP) is 0.971. The molecule has 6 N–H and O–H groups in total. The third kappa shape index (κ3) is 7.28. The Balaban J connectivity index is 0.00000198. The standard InChI is InChI=1S/C26H40N8O6.C2H6/c1-2-29-24(37)21-19(35)20(36)25(40-21)34-14-30-18-22(27)31-17(32-23(18)34)5-3-4-15-7-10-33(11-8-15)26(38)39-13-16-6-9-28-12-16;1-2/h14-16,19-21,25,28,35-36H,2-13H2,1H3,(H,29,37)(H2,27,31,32);1-2H3/t16?,19-,20?,21+,25-;/m1./s1. The normalized spacial score (nSPS) is 26.2. The van der Waals surface area contributed by atoms with Crippen LogP contribution in [0.1, 0.15) is 64.9 Å². The van der Waals surface area contributed by atoms with Crippen LogP contribution in [0.25, 0.3) is 11.2 Å². The number of piperidine rings is 1. The molecule has 0 aliphatic carbocycles. The fourth-order valence-electron chi connectivity index (χ4n) is 5.75. The first-order chi connectivity index (χ1) is 20.4. The zero-order chi connectivity index (χ0) is 30.2. The molecule has 5 rings (SSSR count). The summed E-state index contributed by atoms with van der Waals surface area (Å²) in [6, 6.07) is 0. The molecule has 14 heteroatoms. The molecule has 5 atom stereocenters. The number of nitrogens with two attached hydrogens (primary N) is 1. The van der Waals surface area contributed by atoms with E-state index < -0.39 is 30.4 Å². The van der Waals surface area contributed by atoms with Gasteiger partial charge in [0, 0.05) is 38.5 Å². The Bertz CT molecular complexity index is 1180. The molecule has 234 valence electrons. The van der Waals surface area contributed by atoms with Crippen molar-refractivity contribution in [2.45, 2.75) is 83.8 Å². The van der Waals surface area contributed by atoms with E-state index in [0.29, 0.717) is 61.5 Å². The summed E-state index contributed by atoms with van der Waals surface area (Å²) < 4.78 is 12.7.